The molecular formula is C14H27N. The van der Waals surface area contributed by atoms with Gasteiger partial charge in [-0.25, -0.2) is 0 Å². The Morgan fingerprint density at radius 2 is 1.67 bits per heavy atom. The van der Waals surface area contributed by atoms with E-state index in [2.05, 4.69) is 19.2 Å². The van der Waals surface area contributed by atoms with Crippen molar-refractivity contribution in [1.82, 2.24) is 5.32 Å². The number of piperidine rings is 1. The van der Waals surface area contributed by atoms with E-state index in [1.807, 2.05) is 0 Å². The molecule has 1 aliphatic heterocycles. The molecule has 0 spiro atoms. The molecule has 3 atom stereocenters. The summed E-state index contributed by atoms with van der Waals surface area (Å²) in [6.07, 6.45) is 8.87. The number of hydrogen-bond acceptors (Lipinski definition) is 1. The van der Waals surface area contributed by atoms with Crippen LogP contribution in [-0.2, 0) is 0 Å². The Labute approximate surface area is 95.0 Å². The van der Waals surface area contributed by atoms with Gasteiger partial charge >= 0.3 is 0 Å². The summed E-state index contributed by atoms with van der Waals surface area (Å²) in [5.41, 5.74) is 0. The lowest BCUT2D eigenvalue weighted by Gasteiger charge is -2.23. The topological polar surface area (TPSA) is 12.0 Å². The summed E-state index contributed by atoms with van der Waals surface area (Å²) in [5, 5.41) is 3.53. The third-order valence-corrected chi connectivity index (χ3v) is 4.76. The molecule has 2 aliphatic rings. The van der Waals surface area contributed by atoms with Crippen LogP contribution in [0.15, 0.2) is 0 Å². The lowest BCUT2D eigenvalue weighted by atomic mass is 9.89. The van der Waals surface area contributed by atoms with Crippen molar-refractivity contribution in [3.63, 3.8) is 0 Å². The van der Waals surface area contributed by atoms with Crippen LogP contribution in [0.2, 0.25) is 0 Å². The first-order chi connectivity index (χ1) is 7.25. The third-order valence-electron chi connectivity index (χ3n) is 4.76. The van der Waals surface area contributed by atoms with Crippen molar-refractivity contribution >= 4 is 0 Å². The first kappa shape index (κ1) is 11.4. The van der Waals surface area contributed by atoms with Gasteiger partial charge in [-0.15, -0.1) is 0 Å². The summed E-state index contributed by atoms with van der Waals surface area (Å²) in [6, 6.07) is 0. The largest absolute Gasteiger partial charge is 0.316 e. The van der Waals surface area contributed by atoms with Crippen LogP contribution in [0.3, 0.4) is 0 Å². The van der Waals surface area contributed by atoms with Crippen LogP contribution in [0.5, 0.6) is 0 Å². The Hall–Kier alpha value is -0.0400. The van der Waals surface area contributed by atoms with Crippen LogP contribution in [-0.4, -0.2) is 13.1 Å². The minimum Gasteiger partial charge on any atom is -0.316 e. The van der Waals surface area contributed by atoms with Crippen molar-refractivity contribution in [2.24, 2.45) is 23.7 Å². The van der Waals surface area contributed by atoms with Crippen LogP contribution in [0.1, 0.15) is 52.4 Å². The monoisotopic (exact) mass is 209 g/mol. The SMILES string of the molecule is CC1CC(CCC2CCCNC2)CC1C. The second kappa shape index (κ2) is 5.34. The van der Waals surface area contributed by atoms with Crippen LogP contribution in [0.4, 0.5) is 0 Å². The van der Waals surface area contributed by atoms with Crippen molar-refractivity contribution < 1.29 is 0 Å². The zero-order valence-electron chi connectivity index (χ0n) is 10.5. The minimum absolute atomic E-state index is 0.986. The molecule has 0 aromatic carbocycles. The Morgan fingerprint density at radius 3 is 2.27 bits per heavy atom. The van der Waals surface area contributed by atoms with Crippen molar-refractivity contribution in [2.75, 3.05) is 13.1 Å². The van der Waals surface area contributed by atoms with Gasteiger partial charge < -0.3 is 5.32 Å². The van der Waals surface area contributed by atoms with Crippen LogP contribution < -0.4 is 5.32 Å². The maximum absolute atomic E-state index is 3.53. The molecule has 15 heavy (non-hydrogen) atoms. The van der Waals surface area contributed by atoms with Crippen molar-refractivity contribution in [3.05, 3.63) is 0 Å². The van der Waals surface area contributed by atoms with Gasteiger partial charge in [-0.3, -0.25) is 0 Å². The summed E-state index contributed by atoms with van der Waals surface area (Å²) in [5.74, 6) is 4.01. The number of nitrogens with one attached hydrogen (secondary N) is 1. The highest BCUT2D eigenvalue weighted by Crippen LogP contribution is 2.38. The number of hydrogen-bond donors (Lipinski definition) is 1. The fourth-order valence-corrected chi connectivity index (χ4v) is 3.49. The van der Waals surface area contributed by atoms with Crippen molar-refractivity contribution in [1.29, 1.82) is 0 Å². The molecule has 0 bridgehead atoms. The second-order valence-corrected chi connectivity index (χ2v) is 6.08. The first-order valence-corrected chi connectivity index (χ1v) is 6.96. The van der Waals surface area contributed by atoms with Gasteiger partial charge in [0.15, 0.2) is 0 Å². The summed E-state index contributed by atoms with van der Waals surface area (Å²) >= 11 is 0. The molecule has 88 valence electrons. The standard InChI is InChI=1S/C14H27N/c1-11-8-14(9-12(11)2)6-5-13-4-3-7-15-10-13/h11-15H,3-10H2,1-2H3. The first-order valence-electron chi connectivity index (χ1n) is 6.96. The normalized spacial score (nSPS) is 42.0. The van der Waals surface area contributed by atoms with Gasteiger partial charge in [0, 0.05) is 0 Å². The Kier molecular flexibility index (Phi) is 4.07. The molecule has 1 saturated heterocycles. The van der Waals surface area contributed by atoms with Gasteiger partial charge in [0.2, 0.25) is 0 Å². The summed E-state index contributed by atoms with van der Waals surface area (Å²) in [6.45, 7) is 7.42. The molecular weight excluding hydrogens is 182 g/mol. The van der Waals surface area contributed by atoms with Gasteiger partial charge in [0.25, 0.3) is 0 Å². The summed E-state index contributed by atoms with van der Waals surface area (Å²) in [4.78, 5) is 0. The summed E-state index contributed by atoms with van der Waals surface area (Å²) in [7, 11) is 0. The molecule has 1 heteroatoms. The van der Waals surface area contributed by atoms with E-state index < -0.39 is 0 Å². The maximum Gasteiger partial charge on any atom is -0.00205 e. The smallest absolute Gasteiger partial charge is 0.00205 e. The molecule has 0 aromatic rings. The van der Waals surface area contributed by atoms with Gasteiger partial charge in [-0.2, -0.15) is 0 Å². The predicted octanol–water partition coefficient (Wildman–Crippen LogP) is 3.45. The van der Waals surface area contributed by atoms with Gasteiger partial charge in [-0.1, -0.05) is 20.3 Å². The van der Waals surface area contributed by atoms with Gasteiger partial charge in [0.1, 0.15) is 0 Å². The van der Waals surface area contributed by atoms with Gasteiger partial charge in [0.05, 0.1) is 0 Å². The maximum atomic E-state index is 3.53. The van der Waals surface area contributed by atoms with E-state index >= 15 is 0 Å². The van der Waals surface area contributed by atoms with E-state index in [9.17, 15) is 0 Å². The van der Waals surface area contributed by atoms with E-state index in [0.29, 0.717) is 0 Å². The lowest BCUT2D eigenvalue weighted by Crippen LogP contribution is -2.29. The van der Waals surface area contributed by atoms with Crippen LogP contribution in [0.25, 0.3) is 0 Å². The van der Waals surface area contributed by atoms with E-state index in [0.717, 1.165) is 23.7 Å². The lowest BCUT2D eigenvalue weighted by molar-refractivity contribution is 0.321. The van der Waals surface area contributed by atoms with Crippen LogP contribution in [0, 0.1) is 23.7 Å². The van der Waals surface area contributed by atoms with E-state index in [4.69, 9.17) is 0 Å². The zero-order valence-corrected chi connectivity index (χ0v) is 10.5. The molecule has 0 aromatic heterocycles. The minimum atomic E-state index is 0.986. The highest BCUT2D eigenvalue weighted by Gasteiger charge is 2.28. The highest BCUT2D eigenvalue weighted by atomic mass is 14.9. The molecule has 1 nitrogen and oxygen atoms in total. The molecule has 0 radical (unpaired) electrons. The highest BCUT2D eigenvalue weighted by molar-refractivity contribution is 4.79. The molecule has 3 unspecified atom stereocenters. The van der Waals surface area contributed by atoms with E-state index in [1.165, 1.54) is 51.6 Å². The fraction of sp³-hybridized carbons (Fsp3) is 1.00. The third kappa shape index (κ3) is 3.21. The van der Waals surface area contributed by atoms with Gasteiger partial charge in [-0.05, 0) is 68.9 Å². The fourth-order valence-electron chi connectivity index (χ4n) is 3.49. The molecule has 1 N–H and O–H groups in total. The quantitative estimate of drug-likeness (QED) is 0.750. The molecule has 0 amide bonds. The average molecular weight is 209 g/mol. The van der Waals surface area contributed by atoms with Crippen LogP contribution >= 0.6 is 0 Å². The zero-order chi connectivity index (χ0) is 10.7. The predicted molar refractivity (Wildman–Crippen MR) is 65.9 cm³/mol. The Balaban J connectivity index is 1.65. The van der Waals surface area contributed by atoms with Crippen molar-refractivity contribution in [2.45, 2.75) is 52.4 Å². The Bertz CT molecular complexity index is 174. The number of rotatable bonds is 3. The molecule has 2 rings (SSSR count). The molecule has 1 saturated carbocycles. The second-order valence-electron chi connectivity index (χ2n) is 6.08. The molecule has 1 heterocycles. The van der Waals surface area contributed by atoms with E-state index in [1.54, 1.807) is 0 Å². The molecule has 2 fully saturated rings. The van der Waals surface area contributed by atoms with Crippen molar-refractivity contribution in [3.8, 4) is 0 Å². The Morgan fingerprint density at radius 1 is 1.00 bits per heavy atom. The van der Waals surface area contributed by atoms with E-state index in [-0.39, 0.29) is 0 Å². The average Bonchev–Trinajstić information content (AvgIpc) is 2.57. The molecule has 1 aliphatic carbocycles. The summed E-state index contributed by atoms with van der Waals surface area (Å²) < 4.78 is 0.